The van der Waals surface area contributed by atoms with Crippen LogP contribution in [0.4, 0.5) is 22.9 Å². The van der Waals surface area contributed by atoms with Gasteiger partial charge in [0.15, 0.2) is 0 Å². The summed E-state index contributed by atoms with van der Waals surface area (Å²) < 4.78 is 1.44. The minimum atomic E-state index is -0.440. The van der Waals surface area contributed by atoms with E-state index in [-0.39, 0.29) is 17.4 Å². The Kier molecular flexibility index (Phi) is 4.04. The number of hydrogen-bond acceptors (Lipinski definition) is 5. The number of halogens is 1. The summed E-state index contributed by atoms with van der Waals surface area (Å²) in [7, 11) is 1.64. The maximum atomic E-state index is 11.4. The molecule has 0 spiro atoms. The predicted octanol–water partition coefficient (Wildman–Crippen LogP) is 3.43. The van der Waals surface area contributed by atoms with Crippen molar-refractivity contribution in [1.82, 2.24) is 9.78 Å². The first-order valence-electron chi connectivity index (χ1n) is 6.34. The topological polar surface area (TPSA) is 99.0 Å². The van der Waals surface area contributed by atoms with Crippen LogP contribution in [0, 0.1) is 10.1 Å². The van der Waals surface area contributed by atoms with Crippen LogP contribution in [-0.2, 0) is 7.05 Å². The van der Waals surface area contributed by atoms with Gasteiger partial charge in [-0.15, -0.1) is 0 Å². The van der Waals surface area contributed by atoms with Gasteiger partial charge < -0.3 is 11.1 Å². The number of nitrogens with zero attached hydrogens (tertiary/aromatic N) is 3. The molecule has 21 heavy (non-hydrogen) atoms. The summed E-state index contributed by atoms with van der Waals surface area (Å²) in [6, 6.07) is 4.91. The monoisotopic (exact) mass is 309 g/mol. The Hall–Kier alpha value is -2.28. The highest BCUT2D eigenvalue weighted by molar-refractivity contribution is 6.33. The van der Waals surface area contributed by atoms with Crippen molar-refractivity contribution in [2.24, 2.45) is 7.05 Å². The number of aromatic nitrogens is 2. The maximum Gasteiger partial charge on any atom is 0.334 e. The summed E-state index contributed by atoms with van der Waals surface area (Å²) in [6.07, 6.45) is 0. The predicted molar refractivity (Wildman–Crippen MR) is 83.1 cm³/mol. The van der Waals surface area contributed by atoms with E-state index < -0.39 is 4.92 Å². The minimum Gasteiger partial charge on any atom is -0.399 e. The van der Waals surface area contributed by atoms with Crippen molar-refractivity contribution in [3.05, 3.63) is 39.0 Å². The Morgan fingerprint density at radius 3 is 2.71 bits per heavy atom. The van der Waals surface area contributed by atoms with E-state index in [1.165, 1.54) is 4.68 Å². The summed E-state index contributed by atoms with van der Waals surface area (Å²) >= 11 is 6.08. The van der Waals surface area contributed by atoms with E-state index in [0.29, 0.717) is 22.1 Å². The average molecular weight is 310 g/mol. The maximum absolute atomic E-state index is 11.4. The van der Waals surface area contributed by atoms with E-state index in [0.717, 1.165) is 0 Å². The Bertz CT molecular complexity index is 696. The lowest BCUT2D eigenvalue weighted by molar-refractivity contribution is -0.384. The average Bonchev–Trinajstić information content (AvgIpc) is 2.72. The highest BCUT2D eigenvalue weighted by Gasteiger charge is 2.28. The summed E-state index contributed by atoms with van der Waals surface area (Å²) in [5, 5.41) is 19.0. The molecule has 0 fully saturated rings. The van der Waals surface area contributed by atoms with Gasteiger partial charge in [-0.3, -0.25) is 10.1 Å². The minimum absolute atomic E-state index is 0.0500. The van der Waals surface area contributed by atoms with Crippen LogP contribution in [0.5, 0.6) is 0 Å². The Morgan fingerprint density at radius 2 is 2.14 bits per heavy atom. The van der Waals surface area contributed by atoms with Gasteiger partial charge in [0.25, 0.3) is 0 Å². The van der Waals surface area contributed by atoms with E-state index in [2.05, 4.69) is 10.4 Å². The first-order valence-corrected chi connectivity index (χ1v) is 6.72. The van der Waals surface area contributed by atoms with Gasteiger partial charge in [-0.05, 0) is 18.2 Å². The Morgan fingerprint density at radius 1 is 1.48 bits per heavy atom. The number of hydrogen-bond donors (Lipinski definition) is 2. The molecule has 0 saturated heterocycles. The first-order chi connectivity index (χ1) is 9.81. The summed E-state index contributed by atoms with van der Waals surface area (Å²) in [4.78, 5) is 10.9. The molecule has 0 amide bonds. The first kappa shape index (κ1) is 15.1. The lowest BCUT2D eigenvalue weighted by atomic mass is 10.1. The molecule has 2 aromatic rings. The fourth-order valence-corrected chi connectivity index (χ4v) is 2.17. The molecule has 0 radical (unpaired) electrons. The van der Waals surface area contributed by atoms with Crippen LogP contribution >= 0.6 is 11.6 Å². The van der Waals surface area contributed by atoms with Crippen LogP contribution in [-0.4, -0.2) is 14.7 Å². The van der Waals surface area contributed by atoms with Crippen LogP contribution in [0.2, 0.25) is 5.02 Å². The fraction of sp³-hybridized carbons (Fsp3) is 0.308. The van der Waals surface area contributed by atoms with E-state index in [9.17, 15) is 10.1 Å². The van der Waals surface area contributed by atoms with Gasteiger partial charge in [0.2, 0.25) is 5.82 Å². The Labute approximate surface area is 126 Å². The smallest absolute Gasteiger partial charge is 0.334 e. The molecule has 0 aliphatic rings. The zero-order valence-electron chi connectivity index (χ0n) is 11.9. The van der Waals surface area contributed by atoms with Gasteiger partial charge in [-0.1, -0.05) is 25.4 Å². The molecule has 7 nitrogen and oxygen atoms in total. The van der Waals surface area contributed by atoms with Crippen molar-refractivity contribution in [1.29, 1.82) is 0 Å². The van der Waals surface area contributed by atoms with Crippen molar-refractivity contribution in [3.8, 4) is 0 Å². The molecule has 3 N–H and O–H groups in total. The zero-order valence-corrected chi connectivity index (χ0v) is 12.7. The standard InChI is InChI=1S/C13H16ClN5O2/c1-7(2)11-12(19(20)21)13(18(3)17-11)16-10-6-8(15)4-5-9(10)14/h4-7,16H,15H2,1-3H3. The molecule has 8 heteroatoms. The highest BCUT2D eigenvalue weighted by Crippen LogP contribution is 2.36. The third-order valence-corrected chi connectivity index (χ3v) is 3.35. The molecular weight excluding hydrogens is 294 g/mol. The van der Waals surface area contributed by atoms with Crippen LogP contribution in [0.15, 0.2) is 18.2 Å². The lowest BCUT2D eigenvalue weighted by Crippen LogP contribution is -2.02. The molecule has 0 saturated carbocycles. The Balaban J connectivity index is 2.54. The van der Waals surface area contributed by atoms with Crippen LogP contribution in [0.1, 0.15) is 25.5 Å². The SMILES string of the molecule is CC(C)c1nn(C)c(Nc2cc(N)ccc2Cl)c1[N+](=O)[O-]. The molecule has 0 atom stereocenters. The second-order valence-electron chi connectivity index (χ2n) is 4.98. The van der Waals surface area contributed by atoms with Gasteiger partial charge in [-0.25, -0.2) is 4.68 Å². The summed E-state index contributed by atoms with van der Waals surface area (Å²) in [6.45, 7) is 3.71. The number of nitrogens with one attached hydrogen (secondary N) is 1. The number of nitrogen functional groups attached to an aromatic ring is 1. The van der Waals surface area contributed by atoms with E-state index >= 15 is 0 Å². The number of benzene rings is 1. The van der Waals surface area contributed by atoms with Crippen LogP contribution < -0.4 is 11.1 Å². The van der Waals surface area contributed by atoms with Gasteiger partial charge in [-0.2, -0.15) is 5.10 Å². The number of anilines is 3. The third kappa shape index (κ3) is 2.92. The van der Waals surface area contributed by atoms with Gasteiger partial charge >= 0.3 is 5.69 Å². The zero-order chi connectivity index (χ0) is 15.7. The molecular formula is C13H16ClN5O2. The van der Waals surface area contributed by atoms with Crippen molar-refractivity contribution >= 4 is 34.5 Å². The molecule has 0 unspecified atom stereocenters. The number of rotatable bonds is 4. The van der Waals surface area contributed by atoms with E-state index in [1.807, 2.05) is 13.8 Å². The van der Waals surface area contributed by atoms with Gasteiger partial charge in [0, 0.05) is 18.7 Å². The largest absolute Gasteiger partial charge is 0.399 e. The van der Waals surface area contributed by atoms with Crippen molar-refractivity contribution in [2.75, 3.05) is 11.1 Å². The normalized spacial score (nSPS) is 10.9. The molecule has 1 aromatic heterocycles. The number of nitrogens with two attached hydrogens (primary N) is 1. The molecule has 0 aliphatic carbocycles. The van der Waals surface area contributed by atoms with Crippen LogP contribution in [0.25, 0.3) is 0 Å². The molecule has 0 bridgehead atoms. The molecule has 0 aliphatic heterocycles. The second-order valence-corrected chi connectivity index (χ2v) is 5.39. The fourth-order valence-electron chi connectivity index (χ4n) is 2.01. The summed E-state index contributed by atoms with van der Waals surface area (Å²) in [5.41, 5.74) is 7.10. The van der Waals surface area contributed by atoms with Gasteiger partial charge in [0.1, 0.15) is 5.69 Å². The number of aryl methyl sites for hydroxylation is 1. The molecule has 2 rings (SSSR count). The summed E-state index contributed by atoms with van der Waals surface area (Å²) in [5.74, 6) is 0.208. The lowest BCUT2D eigenvalue weighted by Gasteiger charge is -2.09. The third-order valence-electron chi connectivity index (χ3n) is 3.02. The quantitative estimate of drug-likeness (QED) is 0.512. The van der Waals surface area contributed by atoms with Crippen molar-refractivity contribution < 1.29 is 4.92 Å². The number of nitro groups is 1. The molecule has 1 heterocycles. The van der Waals surface area contributed by atoms with E-state index in [4.69, 9.17) is 17.3 Å². The van der Waals surface area contributed by atoms with Crippen molar-refractivity contribution in [3.63, 3.8) is 0 Å². The van der Waals surface area contributed by atoms with E-state index in [1.54, 1.807) is 25.2 Å². The molecule has 1 aromatic carbocycles. The second kappa shape index (κ2) is 5.61. The van der Waals surface area contributed by atoms with Crippen LogP contribution in [0.3, 0.4) is 0 Å². The van der Waals surface area contributed by atoms with Gasteiger partial charge in [0.05, 0.1) is 15.6 Å². The van der Waals surface area contributed by atoms with Crippen molar-refractivity contribution in [2.45, 2.75) is 19.8 Å². The molecule has 112 valence electrons. The highest BCUT2D eigenvalue weighted by atomic mass is 35.5.